The molecule has 0 amide bonds. The molecule has 0 bridgehead atoms. The third-order valence-corrected chi connectivity index (χ3v) is 3.93. The lowest BCUT2D eigenvalue weighted by Crippen LogP contribution is -2.62. The normalized spacial score (nSPS) is 27.6. The first kappa shape index (κ1) is 14.3. The van der Waals surface area contributed by atoms with E-state index in [0.29, 0.717) is 0 Å². The second-order valence-electron chi connectivity index (χ2n) is 3.91. The summed E-state index contributed by atoms with van der Waals surface area (Å²) in [6.07, 6.45) is -10.7. The minimum absolute atomic E-state index is 0.0937. The number of thioether (sulfide) groups is 1. The lowest BCUT2D eigenvalue weighted by molar-refractivity contribution is -0.263. The van der Waals surface area contributed by atoms with Crippen LogP contribution in [0, 0.1) is 0 Å². The number of hydrogen-bond donors (Lipinski definition) is 2. The zero-order valence-corrected chi connectivity index (χ0v) is 9.83. The molecule has 2 N–H and O–H groups in total. The number of hydrogen-bond acceptors (Lipinski definition) is 3. The Bertz CT molecular complexity index is 488. The van der Waals surface area contributed by atoms with Gasteiger partial charge in [-0.15, -0.1) is 0 Å². The number of aliphatic hydroxyl groups is 1. The Hall–Kier alpha value is -1.09. The summed E-state index contributed by atoms with van der Waals surface area (Å²) in [4.78, 5) is -4.05. The molecule has 9 heteroatoms. The maximum absolute atomic E-state index is 12.8. The van der Waals surface area contributed by atoms with Crippen LogP contribution < -0.4 is 5.32 Å². The summed E-state index contributed by atoms with van der Waals surface area (Å²) in [6.45, 7) is 0. The van der Waals surface area contributed by atoms with Crippen LogP contribution in [0.5, 0.6) is 0 Å². The van der Waals surface area contributed by atoms with Crippen molar-refractivity contribution in [2.45, 2.75) is 28.2 Å². The molecule has 0 radical (unpaired) electrons. The van der Waals surface area contributed by atoms with Gasteiger partial charge in [0.15, 0.2) is 6.04 Å². The highest BCUT2D eigenvalue weighted by atomic mass is 32.2. The number of anilines is 1. The molecule has 0 unspecified atom stereocenters. The number of alkyl halides is 6. The smallest absolute Gasteiger partial charge is 0.370 e. The van der Waals surface area contributed by atoms with Crippen LogP contribution in [-0.2, 0) is 0 Å². The highest BCUT2D eigenvalue weighted by Crippen LogP contribution is 2.54. The molecule has 1 aromatic carbocycles. The van der Waals surface area contributed by atoms with Crippen molar-refractivity contribution in [2.75, 3.05) is 5.32 Å². The zero-order valence-electron chi connectivity index (χ0n) is 9.01. The third-order valence-electron chi connectivity index (χ3n) is 2.58. The molecule has 19 heavy (non-hydrogen) atoms. The summed E-state index contributed by atoms with van der Waals surface area (Å²) in [6, 6.07) is 2.06. The second kappa shape index (κ2) is 4.20. The lowest BCUT2D eigenvalue weighted by atomic mass is 10.1. The van der Waals surface area contributed by atoms with Gasteiger partial charge in [0.1, 0.15) is 0 Å². The number of halogens is 6. The summed E-state index contributed by atoms with van der Waals surface area (Å²) in [5, 5.41) is 11.2. The molecule has 2 rings (SSSR count). The van der Waals surface area contributed by atoms with Gasteiger partial charge in [-0.25, -0.2) is 0 Å². The predicted molar refractivity (Wildman–Crippen MR) is 56.8 cm³/mol. The molecule has 106 valence electrons. The van der Waals surface area contributed by atoms with Crippen molar-refractivity contribution in [1.82, 2.24) is 0 Å². The Kier molecular flexibility index (Phi) is 3.17. The number of para-hydroxylation sites is 1. The quantitative estimate of drug-likeness (QED) is 0.721. The van der Waals surface area contributed by atoms with E-state index in [0.717, 1.165) is 0 Å². The van der Waals surface area contributed by atoms with Gasteiger partial charge in [-0.1, -0.05) is 23.9 Å². The highest BCUT2D eigenvalue weighted by molar-refractivity contribution is 8.00. The van der Waals surface area contributed by atoms with Gasteiger partial charge in [0.2, 0.25) is 4.93 Å². The van der Waals surface area contributed by atoms with Crippen molar-refractivity contribution < 1.29 is 31.4 Å². The summed E-state index contributed by atoms with van der Waals surface area (Å²) < 4.78 is 76.5. The van der Waals surface area contributed by atoms with E-state index in [1.165, 1.54) is 24.3 Å². The van der Waals surface area contributed by atoms with Gasteiger partial charge in [0.25, 0.3) is 0 Å². The lowest BCUT2D eigenvalue weighted by Gasteiger charge is -2.42. The van der Waals surface area contributed by atoms with Gasteiger partial charge in [0.05, 0.1) is 0 Å². The Balaban J connectivity index is 2.53. The summed E-state index contributed by atoms with van der Waals surface area (Å²) >= 11 is -0.251. The number of fused-ring (bicyclic) bond motifs is 1. The summed E-state index contributed by atoms with van der Waals surface area (Å²) in [7, 11) is 0. The first-order valence-corrected chi connectivity index (χ1v) is 5.78. The Morgan fingerprint density at radius 3 is 2.21 bits per heavy atom. The van der Waals surface area contributed by atoms with Crippen LogP contribution in [0.25, 0.3) is 0 Å². The third kappa shape index (κ3) is 2.36. The maximum atomic E-state index is 12.8. The van der Waals surface area contributed by atoms with Gasteiger partial charge in [0, 0.05) is 10.6 Å². The molecule has 0 spiro atoms. The molecule has 1 heterocycles. The van der Waals surface area contributed by atoms with E-state index < -0.39 is 23.3 Å². The van der Waals surface area contributed by atoms with Crippen molar-refractivity contribution in [3.63, 3.8) is 0 Å². The Morgan fingerprint density at radius 1 is 1.11 bits per heavy atom. The fourth-order valence-electron chi connectivity index (χ4n) is 1.68. The van der Waals surface area contributed by atoms with E-state index in [2.05, 4.69) is 0 Å². The maximum Gasteiger partial charge on any atom is 0.429 e. The van der Waals surface area contributed by atoms with Crippen molar-refractivity contribution in [1.29, 1.82) is 0 Å². The molecule has 1 aliphatic rings. The molecular formula is C10H7F6NOS. The minimum atomic E-state index is -5.43. The average molecular weight is 303 g/mol. The molecule has 1 aliphatic heterocycles. The van der Waals surface area contributed by atoms with Gasteiger partial charge >= 0.3 is 12.4 Å². The minimum Gasteiger partial charge on any atom is -0.370 e. The SMILES string of the molecule is O[C@@]1(C(F)(F)F)Sc2ccccc2N[C@H]1C(F)(F)F. The van der Waals surface area contributed by atoms with Crippen LogP contribution >= 0.6 is 11.8 Å². The van der Waals surface area contributed by atoms with Crippen molar-refractivity contribution in [2.24, 2.45) is 0 Å². The number of rotatable bonds is 0. The largest absolute Gasteiger partial charge is 0.429 e. The van der Waals surface area contributed by atoms with E-state index >= 15 is 0 Å². The van der Waals surface area contributed by atoms with E-state index in [1.807, 2.05) is 0 Å². The fraction of sp³-hybridized carbons (Fsp3) is 0.400. The number of benzene rings is 1. The molecule has 2 atom stereocenters. The van der Waals surface area contributed by atoms with Crippen LogP contribution in [-0.4, -0.2) is 28.4 Å². The van der Waals surface area contributed by atoms with Crippen molar-refractivity contribution in [3.05, 3.63) is 24.3 Å². The van der Waals surface area contributed by atoms with Crippen LogP contribution in [0.3, 0.4) is 0 Å². The molecule has 0 fully saturated rings. The van der Waals surface area contributed by atoms with E-state index in [-0.39, 0.29) is 22.3 Å². The van der Waals surface area contributed by atoms with E-state index in [9.17, 15) is 31.4 Å². The number of nitrogens with one attached hydrogen (secondary N) is 1. The van der Waals surface area contributed by atoms with Crippen LogP contribution in [0.4, 0.5) is 32.0 Å². The molecule has 1 aromatic rings. The first-order valence-electron chi connectivity index (χ1n) is 4.96. The van der Waals surface area contributed by atoms with Gasteiger partial charge in [-0.05, 0) is 12.1 Å². The molecule has 0 aliphatic carbocycles. The van der Waals surface area contributed by atoms with Crippen molar-refractivity contribution in [3.8, 4) is 0 Å². The fourth-order valence-corrected chi connectivity index (χ4v) is 2.82. The molecular weight excluding hydrogens is 296 g/mol. The summed E-state index contributed by atoms with van der Waals surface area (Å²) in [5.74, 6) is 0. The highest BCUT2D eigenvalue weighted by Gasteiger charge is 2.68. The van der Waals surface area contributed by atoms with Crippen LogP contribution in [0.1, 0.15) is 0 Å². The van der Waals surface area contributed by atoms with Crippen molar-refractivity contribution >= 4 is 17.4 Å². The average Bonchev–Trinajstić information content (AvgIpc) is 2.25. The van der Waals surface area contributed by atoms with Gasteiger partial charge in [-0.3, -0.25) is 0 Å². The molecule has 0 saturated heterocycles. The van der Waals surface area contributed by atoms with E-state index in [4.69, 9.17) is 0 Å². The molecule has 2 nitrogen and oxygen atoms in total. The zero-order chi connectivity index (χ0) is 14.5. The monoisotopic (exact) mass is 303 g/mol. The Labute approximate surface area is 107 Å². The topological polar surface area (TPSA) is 32.3 Å². The van der Waals surface area contributed by atoms with Crippen LogP contribution in [0.2, 0.25) is 0 Å². The summed E-state index contributed by atoms with van der Waals surface area (Å²) in [5.41, 5.74) is -0.0937. The van der Waals surface area contributed by atoms with Gasteiger partial charge in [-0.2, -0.15) is 26.3 Å². The first-order chi connectivity index (χ1) is 8.56. The Morgan fingerprint density at radius 2 is 1.68 bits per heavy atom. The second-order valence-corrected chi connectivity index (χ2v) is 5.18. The predicted octanol–water partition coefficient (Wildman–Crippen LogP) is 3.39. The molecule has 0 saturated carbocycles. The van der Waals surface area contributed by atoms with Gasteiger partial charge < -0.3 is 10.4 Å². The van der Waals surface area contributed by atoms with E-state index in [1.54, 1.807) is 5.32 Å². The van der Waals surface area contributed by atoms with Crippen LogP contribution in [0.15, 0.2) is 29.2 Å². The standard InChI is InChI=1S/C10H7F6NOS/c11-9(12,13)7-8(18,10(14,15)16)19-6-4-2-1-3-5(6)17-7/h1-4,7,17-18H/t7-,8-/m1/s1. The molecule has 0 aromatic heterocycles.